The van der Waals surface area contributed by atoms with Gasteiger partial charge < -0.3 is 9.90 Å². The minimum atomic E-state index is -1.26. The summed E-state index contributed by atoms with van der Waals surface area (Å²) in [6.45, 7) is 6.79. The van der Waals surface area contributed by atoms with Gasteiger partial charge in [0.1, 0.15) is 0 Å². The Balaban J connectivity index is -0.000000438. The predicted octanol–water partition coefficient (Wildman–Crippen LogP) is 6.74. The summed E-state index contributed by atoms with van der Waals surface area (Å²) in [4.78, 5) is 15.2. The number of thiol groups is 2. The molecule has 0 rings (SSSR count). The van der Waals surface area contributed by atoms with E-state index in [9.17, 15) is 9.90 Å². The number of hydrogen-bond acceptors (Lipinski definition) is 4. The van der Waals surface area contributed by atoms with Gasteiger partial charge in [-0.05, 0) is 6.42 Å². The van der Waals surface area contributed by atoms with Gasteiger partial charge >= 0.3 is 101 Å². The van der Waals surface area contributed by atoms with Crippen LogP contribution in [0.1, 0.15) is 104 Å². The Hall–Kier alpha value is 1.77. The summed E-state index contributed by atoms with van der Waals surface area (Å²) in [5.41, 5.74) is 0. The second-order valence-electron chi connectivity index (χ2n) is 7.29. The zero-order chi connectivity index (χ0) is 22.1. The van der Waals surface area contributed by atoms with Crippen molar-refractivity contribution in [3.8, 4) is 0 Å². The molecule has 0 saturated carbocycles. The van der Waals surface area contributed by atoms with Crippen LogP contribution < -0.4 is 5.11 Å². The minimum absolute atomic E-state index is 0.149. The molecule has 0 atom stereocenters. The fourth-order valence-electron chi connectivity index (χ4n) is 2.34. The van der Waals surface area contributed by atoms with Gasteiger partial charge in [0.25, 0.3) is 0 Å². The number of carbonyl (C=O) groups excluding carboxylic acids is 1. The number of carboxylic acid groups (broad SMARTS) is 1. The molecular weight excluding hydrogens is 598 g/mol. The van der Waals surface area contributed by atoms with Gasteiger partial charge in [-0.25, -0.2) is 0 Å². The van der Waals surface area contributed by atoms with Crippen molar-refractivity contribution in [3.63, 3.8) is 0 Å². The summed E-state index contributed by atoms with van der Waals surface area (Å²) in [6.07, 6.45) is 15.8. The van der Waals surface area contributed by atoms with Crippen molar-refractivity contribution in [2.24, 2.45) is 0 Å². The first-order valence-electron chi connectivity index (χ1n) is 11.3. The Morgan fingerprint density at radius 3 is 1.46 bits per heavy atom. The fourth-order valence-corrected chi connectivity index (χ4v) is 6.81. The van der Waals surface area contributed by atoms with Crippen LogP contribution in [0.4, 0.5) is 0 Å². The number of hydrogen-bond donors (Lipinski definition) is 2. The van der Waals surface area contributed by atoms with Crippen LogP contribution in [0, 0.1) is 0 Å². The molecule has 0 radical (unpaired) electrons. The van der Waals surface area contributed by atoms with Gasteiger partial charge in [-0.15, -0.1) is 0 Å². The van der Waals surface area contributed by atoms with Crippen LogP contribution >= 0.6 is 25.3 Å². The van der Waals surface area contributed by atoms with Gasteiger partial charge in [0.2, 0.25) is 0 Å². The molecule has 0 unspecified atom stereocenters. The van der Waals surface area contributed by atoms with Gasteiger partial charge in [-0.1, -0.05) is 58.3 Å². The summed E-state index contributed by atoms with van der Waals surface area (Å²) in [7, 11) is 0. The van der Waals surface area contributed by atoms with E-state index in [1.54, 1.807) is 8.87 Å². The van der Waals surface area contributed by atoms with E-state index in [0.717, 1.165) is 12.8 Å². The van der Waals surface area contributed by atoms with Crippen LogP contribution in [-0.2, 0) is 4.79 Å². The van der Waals surface area contributed by atoms with Gasteiger partial charge in [0.15, 0.2) is 0 Å². The third-order valence-electron chi connectivity index (χ3n) is 4.12. The number of carbonyl (C=O) groups is 1. The number of carboxylic acids is 1. The summed E-state index contributed by atoms with van der Waals surface area (Å²) >= 11 is 8.29. The average Bonchev–Trinajstić information content (AvgIpc) is 2.65. The molecule has 0 spiro atoms. The molecule has 0 saturated heterocycles. The number of aliphatic carboxylic acids is 1. The maximum atomic E-state index is 10.6. The monoisotopic (exact) mass is 647 g/mol. The van der Waals surface area contributed by atoms with Crippen molar-refractivity contribution in [1.82, 2.24) is 0 Å². The first-order chi connectivity index (χ1) is 13.3. The van der Waals surface area contributed by atoms with Crippen molar-refractivity contribution < 1.29 is 9.90 Å². The molecule has 0 aliphatic rings. The quantitative estimate of drug-likeness (QED) is 0.0846. The molecule has 0 aliphatic heterocycles. The van der Waals surface area contributed by atoms with Gasteiger partial charge in [0, 0.05) is 0 Å². The molecule has 0 amide bonds. The van der Waals surface area contributed by atoms with Crippen molar-refractivity contribution in [1.29, 1.82) is 0 Å². The SMILES string of the molecule is CCCCCCCCCCC(S)(S)C(=O)[O-].CCC[CH2][Sn+2][CH2]CCC.[CH3][Sn+2][CH3]. The third kappa shape index (κ3) is 32.4. The molecule has 0 aliphatic carbocycles. The fraction of sp³-hybridized carbons (Fsp3) is 0.955. The van der Waals surface area contributed by atoms with E-state index < -0.39 is 10.0 Å². The van der Waals surface area contributed by atoms with Crippen LogP contribution in [0.2, 0.25) is 18.8 Å². The van der Waals surface area contributed by atoms with Crippen LogP contribution in [0.5, 0.6) is 0 Å². The molecule has 164 valence electrons. The molecular formula is C22H47O2S2Sn2+3. The zero-order valence-corrected chi connectivity index (χ0v) is 26.8. The molecule has 0 bridgehead atoms. The van der Waals surface area contributed by atoms with E-state index in [1.807, 2.05) is 0 Å². The molecule has 0 aromatic rings. The van der Waals surface area contributed by atoms with Gasteiger partial charge in [-0.3, -0.25) is 0 Å². The molecule has 0 aromatic carbocycles. The molecule has 6 heteroatoms. The molecule has 0 aromatic heterocycles. The maximum absolute atomic E-state index is 10.6. The summed E-state index contributed by atoms with van der Waals surface area (Å²) in [6, 6.07) is 0. The van der Waals surface area contributed by atoms with E-state index in [1.165, 1.54) is 64.2 Å². The second kappa shape index (κ2) is 28.8. The van der Waals surface area contributed by atoms with Crippen molar-refractivity contribution in [2.45, 2.75) is 127 Å². The van der Waals surface area contributed by atoms with Gasteiger partial charge in [-0.2, -0.15) is 25.3 Å². The van der Waals surface area contributed by atoms with E-state index >= 15 is 0 Å². The standard InChI is InChI=1S/C12H24O2S2.2C4H9.2CH3.2Sn/c1-2-3-4-5-6-7-8-9-10-12(15,16)11(13)14;2*1-3-4-2;;;;/h15-16H,2-10H2,1H3,(H,13,14);2*1,3-4H2,2H3;2*1H3;;/q;;;;;2*+2/p-1. The normalized spacial score (nSPS) is 9.96. The van der Waals surface area contributed by atoms with Crippen molar-refractivity contribution >= 4 is 73.5 Å². The topological polar surface area (TPSA) is 40.1 Å². The molecule has 0 heterocycles. The Kier molecular flexibility index (Phi) is 35.3. The first-order valence-corrected chi connectivity index (χ1v) is 21.9. The van der Waals surface area contributed by atoms with Crippen LogP contribution in [-0.4, -0.2) is 52.3 Å². The summed E-state index contributed by atoms with van der Waals surface area (Å²) in [5, 5.41) is 10.6. The molecule has 2 nitrogen and oxygen atoms in total. The van der Waals surface area contributed by atoms with Crippen molar-refractivity contribution in [3.05, 3.63) is 0 Å². The van der Waals surface area contributed by atoms with Crippen LogP contribution in [0.25, 0.3) is 0 Å². The van der Waals surface area contributed by atoms with Gasteiger partial charge in [0.05, 0.1) is 10.0 Å². The summed E-state index contributed by atoms with van der Waals surface area (Å²) < 4.78 is 1.99. The van der Waals surface area contributed by atoms with E-state index in [4.69, 9.17) is 0 Å². The van der Waals surface area contributed by atoms with E-state index in [0.29, 0.717) is 6.42 Å². The van der Waals surface area contributed by atoms with E-state index in [-0.39, 0.29) is 42.3 Å². The third-order valence-corrected chi connectivity index (χ3v) is 8.97. The Bertz CT molecular complexity index is 298. The molecule has 0 N–H and O–H groups in total. The molecule has 0 fully saturated rings. The average molecular weight is 645 g/mol. The van der Waals surface area contributed by atoms with Crippen LogP contribution in [0.15, 0.2) is 0 Å². The Morgan fingerprint density at radius 1 is 0.750 bits per heavy atom. The van der Waals surface area contributed by atoms with Crippen LogP contribution in [0.3, 0.4) is 0 Å². The first kappa shape index (κ1) is 34.4. The number of unbranched alkanes of at least 4 members (excludes halogenated alkanes) is 9. The summed E-state index contributed by atoms with van der Waals surface area (Å²) in [5.74, 6) is -1.19. The second-order valence-corrected chi connectivity index (χ2v) is 16.3. The van der Waals surface area contributed by atoms with E-state index in [2.05, 4.69) is 55.9 Å². The Labute approximate surface area is 208 Å². The predicted molar refractivity (Wildman–Crippen MR) is 136 cm³/mol. The Morgan fingerprint density at radius 2 is 1.11 bits per heavy atom. The zero-order valence-electron chi connectivity index (χ0n) is 19.3. The number of rotatable bonds is 16. The van der Waals surface area contributed by atoms with Crippen molar-refractivity contribution in [2.75, 3.05) is 0 Å². The molecule has 28 heavy (non-hydrogen) atoms.